The molecule has 0 saturated carbocycles. The van der Waals surface area contributed by atoms with Gasteiger partial charge in [-0.25, -0.2) is 0 Å². The second-order valence-electron chi connectivity index (χ2n) is 14.1. The number of benzene rings is 9. The van der Waals surface area contributed by atoms with Crippen molar-refractivity contribution < 1.29 is 4.74 Å². The summed E-state index contributed by atoms with van der Waals surface area (Å²) in [4.78, 5) is 0. The predicted octanol–water partition coefficient (Wildman–Crippen LogP) is 13.5. The van der Waals surface area contributed by atoms with E-state index in [9.17, 15) is 0 Å². The molecular weight excluding hydrogens is 643 g/mol. The summed E-state index contributed by atoms with van der Waals surface area (Å²) in [5.41, 5.74) is 13.8. The number of hydrogen-bond donors (Lipinski definition) is 1. The van der Waals surface area contributed by atoms with Crippen LogP contribution < -0.4 is 10.1 Å². The smallest absolute Gasteiger partial charge is 0.140 e. The molecule has 0 bridgehead atoms. The number of ether oxygens (including phenoxy) is 1. The number of nitrogens with one attached hydrogen (secondary N) is 1. The van der Waals surface area contributed by atoms with Gasteiger partial charge >= 0.3 is 0 Å². The van der Waals surface area contributed by atoms with E-state index in [1.807, 2.05) is 0 Å². The normalized spacial score (nSPS) is 13.2. The zero-order valence-corrected chi connectivity index (χ0v) is 28.9. The van der Waals surface area contributed by atoms with E-state index in [2.05, 4.69) is 199 Å². The maximum Gasteiger partial charge on any atom is 0.140 e. The Bertz CT molecular complexity index is 2800. The van der Waals surface area contributed by atoms with E-state index in [1.54, 1.807) is 0 Å². The molecule has 1 aliphatic heterocycles. The molecule has 0 amide bonds. The van der Waals surface area contributed by atoms with Gasteiger partial charge in [-0.05, 0) is 79.5 Å². The average Bonchev–Trinajstić information content (AvgIpc) is 3.52. The van der Waals surface area contributed by atoms with Crippen molar-refractivity contribution in [3.63, 3.8) is 0 Å². The SMILES string of the molecule is c1ccc(-c2ccc(Nc3cccc(-c4cccc5c4-c4ccccc4C54c5ccc6ccccc6c5Oc5c4ccc4ccccc54)c3)cc2)cc1. The molecule has 0 radical (unpaired) electrons. The Kier molecular flexibility index (Phi) is 6.50. The molecule has 1 N–H and O–H groups in total. The lowest BCUT2D eigenvalue weighted by Crippen LogP contribution is -2.32. The van der Waals surface area contributed by atoms with Gasteiger partial charge in [0, 0.05) is 33.3 Å². The Balaban J connectivity index is 1.11. The van der Waals surface area contributed by atoms with Crippen LogP contribution in [0.5, 0.6) is 11.5 Å². The zero-order chi connectivity index (χ0) is 34.9. The van der Waals surface area contributed by atoms with E-state index < -0.39 is 5.41 Å². The average molecular weight is 676 g/mol. The van der Waals surface area contributed by atoms with Gasteiger partial charge in [0.05, 0.1) is 5.41 Å². The Morgan fingerprint density at radius 3 is 1.66 bits per heavy atom. The number of hydrogen-bond acceptors (Lipinski definition) is 2. The molecule has 1 aliphatic carbocycles. The minimum absolute atomic E-state index is 0.574. The van der Waals surface area contributed by atoms with Crippen molar-refractivity contribution in [3.8, 4) is 44.9 Å². The van der Waals surface area contributed by atoms with Crippen molar-refractivity contribution >= 4 is 32.9 Å². The van der Waals surface area contributed by atoms with Gasteiger partial charge in [-0.15, -0.1) is 0 Å². The molecule has 1 spiro atoms. The fourth-order valence-electron chi connectivity index (χ4n) is 9.00. The van der Waals surface area contributed by atoms with Crippen LogP contribution in [-0.4, -0.2) is 0 Å². The molecule has 2 aliphatic rings. The number of rotatable bonds is 4. The minimum Gasteiger partial charge on any atom is -0.455 e. The van der Waals surface area contributed by atoms with Gasteiger partial charge in [0.15, 0.2) is 0 Å². The first-order valence-electron chi connectivity index (χ1n) is 18.3. The molecule has 9 aromatic rings. The molecule has 0 fully saturated rings. The monoisotopic (exact) mass is 675 g/mol. The summed E-state index contributed by atoms with van der Waals surface area (Å²) in [7, 11) is 0. The van der Waals surface area contributed by atoms with Gasteiger partial charge < -0.3 is 10.1 Å². The lowest BCUT2D eigenvalue weighted by molar-refractivity contribution is 0.447. The predicted molar refractivity (Wildman–Crippen MR) is 219 cm³/mol. The van der Waals surface area contributed by atoms with Crippen molar-refractivity contribution in [2.24, 2.45) is 0 Å². The van der Waals surface area contributed by atoms with Crippen molar-refractivity contribution in [1.29, 1.82) is 0 Å². The van der Waals surface area contributed by atoms with E-state index in [4.69, 9.17) is 4.74 Å². The number of fused-ring (bicyclic) bond motifs is 13. The largest absolute Gasteiger partial charge is 0.455 e. The lowest BCUT2D eigenvalue weighted by atomic mass is 9.65. The molecule has 0 saturated heterocycles. The standard InChI is InChI=1S/C51H33NO/c1-2-12-33(13-3-1)34-24-28-38(29-25-34)52-39-17-10-16-37(32-39)40-21-11-23-45-48(40)43-20-8-9-22-44(43)51(45)46-30-26-35-14-4-6-18-41(35)49(46)53-50-42-19-7-5-15-36(42)27-31-47(50)51/h1-32,52H. The van der Waals surface area contributed by atoms with Gasteiger partial charge in [0.2, 0.25) is 0 Å². The van der Waals surface area contributed by atoms with Gasteiger partial charge in [-0.2, -0.15) is 0 Å². The summed E-state index contributed by atoms with van der Waals surface area (Å²) in [5, 5.41) is 8.27. The molecule has 0 atom stereocenters. The summed E-state index contributed by atoms with van der Waals surface area (Å²) < 4.78 is 7.13. The van der Waals surface area contributed by atoms with Crippen LogP contribution in [0.25, 0.3) is 54.9 Å². The van der Waals surface area contributed by atoms with E-state index in [-0.39, 0.29) is 0 Å². The molecule has 11 rings (SSSR count). The third-order valence-corrected chi connectivity index (χ3v) is 11.3. The molecule has 2 heteroatoms. The van der Waals surface area contributed by atoms with Gasteiger partial charge in [-0.1, -0.05) is 170 Å². The van der Waals surface area contributed by atoms with Crippen LogP contribution in [0.15, 0.2) is 194 Å². The molecule has 0 unspecified atom stereocenters. The molecule has 2 nitrogen and oxygen atoms in total. The van der Waals surface area contributed by atoms with Crippen LogP contribution in [0.3, 0.4) is 0 Å². The van der Waals surface area contributed by atoms with E-state index in [0.29, 0.717) is 0 Å². The second-order valence-corrected chi connectivity index (χ2v) is 14.1. The highest BCUT2D eigenvalue weighted by Gasteiger charge is 2.52. The van der Waals surface area contributed by atoms with Crippen LogP contribution in [-0.2, 0) is 5.41 Å². The van der Waals surface area contributed by atoms with Crippen LogP contribution in [0.4, 0.5) is 11.4 Å². The Labute approximate surface area is 308 Å². The topological polar surface area (TPSA) is 21.3 Å². The Hall–Kier alpha value is -6.90. The minimum atomic E-state index is -0.574. The second kappa shape index (κ2) is 11.6. The van der Waals surface area contributed by atoms with Gasteiger partial charge in [0.25, 0.3) is 0 Å². The third-order valence-electron chi connectivity index (χ3n) is 11.3. The maximum atomic E-state index is 7.13. The summed E-state index contributed by atoms with van der Waals surface area (Å²) >= 11 is 0. The van der Waals surface area contributed by atoms with Crippen molar-refractivity contribution in [2.45, 2.75) is 5.41 Å². The molecule has 1 heterocycles. The molecule has 248 valence electrons. The first kappa shape index (κ1) is 29.8. The van der Waals surface area contributed by atoms with Crippen molar-refractivity contribution in [3.05, 3.63) is 216 Å². The van der Waals surface area contributed by atoms with Crippen LogP contribution in [0, 0.1) is 0 Å². The Morgan fingerprint density at radius 2 is 0.925 bits per heavy atom. The Morgan fingerprint density at radius 1 is 0.358 bits per heavy atom. The van der Waals surface area contributed by atoms with Gasteiger partial charge in [0.1, 0.15) is 11.5 Å². The third kappa shape index (κ3) is 4.39. The number of anilines is 2. The summed E-state index contributed by atoms with van der Waals surface area (Å²) in [6, 6.07) is 70.2. The molecule has 53 heavy (non-hydrogen) atoms. The molecular formula is C51H33NO. The van der Waals surface area contributed by atoms with E-state index >= 15 is 0 Å². The van der Waals surface area contributed by atoms with Crippen molar-refractivity contribution in [1.82, 2.24) is 0 Å². The van der Waals surface area contributed by atoms with E-state index in [1.165, 1.54) is 66.4 Å². The quantitative estimate of drug-likeness (QED) is 0.200. The zero-order valence-electron chi connectivity index (χ0n) is 28.9. The van der Waals surface area contributed by atoms with Gasteiger partial charge in [-0.3, -0.25) is 0 Å². The molecule has 0 aromatic heterocycles. The summed E-state index contributed by atoms with van der Waals surface area (Å²) in [6.45, 7) is 0. The van der Waals surface area contributed by atoms with Crippen LogP contribution in [0.2, 0.25) is 0 Å². The van der Waals surface area contributed by atoms with Crippen molar-refractivity contribution in [2.75, 3.05) is 5.32 Å². The van der Waals surface area contributed by atoms with E-state index in [0.717, 1.165) is 33.6 Å². The highest BCUT2D eigenvalue weighted by Crippen LogP contribution is 2.65. The van der Waals surface area contributed by atoms with Crippen LogP contribution >= 0.6 is 0 Å². The summed E-state index contributed by atoms with van der Waals surface area (Å²) in [6.07, 6.45) is 0. The van der Waals surface area contributed by atoms with Crippen LogP contribution in [0.1, 0.15) is 22.3 Å². The summed E-state index contributed by atoms with van der Waals surface area (Å²) in [5.74, 6) is 1.87. The fourth-order valence-corrected chi connectivity index (χ4v) is 9.00. The first-order valence-corrected chi connectivity index (χ1v) is 18.3. The highest BCUT2D eigenvalue weighted by atomic mass is 16.5. The first-order chi connectivity index (χ1) is 26.3. The highest BCUT2D eigenvalue weighted by molar-refractivity contribution is 6.02. The lowest BCUT2D eigenvalue weighted by Gasteiger charge is -2.40. The fraction of sp³-hybridized carbons (Fsp3) is 0.0196. The molecule has 9 aromatic carbocycles. The maximum absolute atomic E-state index is 7.13.